The molecule has 0 bridgehead atoms. The third-order valence-corrected chi connectivity index (χ3v) is 5.10. The molecule has 2 aliphatic rings. The van der Waals surface area contributed by atoms with Crippen molar-refractivity contribution >= 4 is 34.8 Å². The van der Waals surface area contributed by atoms with Gasteiger partial charge in [-0.3, -0.25) is 9.69 Å². The molecule has 0 fully saturated rings. The molecule has 3 rings (SSSR count). The Hall–Kier alpha value is -2.90. The van der Waals surface area contributed by atoms with E-state index < -0.39 is 0 Å². The second-order valence-corrected chi connectivity index (χ2v) is 7.93. The van der Waals surface area contributed by atoms with Gasteiger partial charge in [0.1, 0.15) is 11.7 Å². The number of nitrogens with zero attached hydrogens (tertiary/aromatic N) is 3. The van der Waals surface area contributed by atoms with Crippen LogP contribution >= 0.6 is 11.6 Å². The van der Waals surface area contributed by atoms with E-state index in [1.165, 1.54) is 0 Å². The highest BCUT2D eigenvalue weighted by Crippen LogP contribution is 2.32. The normalized spacial score (nSPS) is 21.5. The van der Waals surface area contributed by atoms with Gasteiger partial charge in [-0.1, -0.05) is 36.4 Å². The van der Waals surface area contributed by atoms with Crippen molar-refractivity contribution in [2.75, 3.05) is 6.54 Å². The molecule has 0 spiro atoms. The Bertz CT molecular complexity index is 1020. The number of likely N-dealkylation sites (N-methyl/N-ethyl adjacent to an activating group) is 1. The van der Waals surface area contributed by atoms with Gasteiger partial charge < -0.3 is 5.32 Å². The summed E-state index contributed by atoms with van der Waals surface area (Å²) in [5, 5.41) is 3.62. The minimum Gasteiger partial charge on any atom is -0.368 e. The number of nitrogens with one attached hydrogen (secondary N) is 2. The predicted octanol–water partition coefficient (Wildman–Crippen LogP) is 4.03. The highest BCUT2D eigenvalue weighted by atomic mass is 35.5. The summed E-state index contributed by atoms with van der Waals surface area (Å²) in [4.78, 5) is 29.2. The van der Waals surface area contributed by atoms with E-state index in [2.05, 4.69) is 27.4 Å². The summed E-state index contributed by atoms with van der Waals surface area (Å²) in [6, 6.07) is 5.67. The first-order valence-corrected chi connectivity index (χ1v) is 10.7. The number of hydrogen-bond acceptors (Lipinski definition) is 6. The molecule has 7 nitrogen and oxygen atoms in total. The number of carbonyl (C=O) groups is 1. The molecular weight excluding hydrogens is 414 g/mol. The molecule has 31 heavy (non-hydrogen) atoms. The number of hydrogen-bond donors (Lipinski definition) is 2. The molecule has 1 unspecified atom stereocenters. The topological polar surface area (TPSA) is 78.3 Å². The van der Waals surface area contributed by atoms with Crippen LogP contribution in [-0.2, 0) is 9.63 Å². The largest absolute Gasteiger partial charge is 0.368 e. The molecule has 2 heterocycles. The van der Waals surface area contributed by atoms with Gasteiger partial charge >= 0.3 is 0 Å². The molecule has 0 saturated heterocycles. The Morgan fingerprint density at radius 1 is 1.48 bits per heavy atom. The third-order valence-electron chi connectivity index (χ3n) is 4.78. The van der Waals surface area contributed by atoms with Crippen molar-refractivity contribution in [2.24, 2.45) is 9.98 Å². The maximum atomic E-state index is 13.4. The number of rotatable bonds is 6. The van der Waals surface area contributed by atoms with Crippen LogP contribution in [0.2, 0.25) is 5.02 Å². The fraction of sp³-hybridized carbons (Fsp3) is 0.348. The number of amidine groups is 2. The minimum absolute atomic E-state index is 0.160. The maximum absolute atomic E-state index is 13.4. The zero-order chi connectivity index (χ0) is 22.7. The Morgan fingerprint density at radius 2 is 2.23 bits per heavy atom. The van der Waals surface area contributed by atoms with E-state index >= 15 is 0 Å². The number of allylic oxidation sites excluding steroid dienone is 1. The first-order valence-electron chi connectivity index (χ1n) is 10.3. The van der Waals surface area contributed by atoms with Gasteiger partial charge in [-0.15, -0.1) is 0 Å². The van der Waals surface area contributed by atoms with Crippen molar-refractivity contribution in [2.45, 2.75) is 46.9 Å². The number of carbonyl (C=O) groups excluding carboxylic acids is 1. The van der Waals surface area contributed by atoms with E-state index in [0.29, 0.717) is 40.2 Å². The maximum Gasteiger partial charge on any atom is 0.260 e. The molecule has 0 saturated carbocycles. The summed E-state index contributed by atoms with van der Waals surface area (Å²) >= 11 is 6.59. The van der Waals surface area contributed by atoms with Gasteiger partial charge in [0, 0.05) is 39.9 Å². The van der Waals surface area contributed by atoms with Gasteiger partial charge in [-0.2, -0.15) is 0 Å². The summed E-state index contributed by atoms with van der Waals surface area (Å²) in [5.74, 6) is 1.53. The van der Waals surface area contributed by atoms with Crippen molar-refractivity contribution in [3.8, 4) is 0 Å². The standard InChI is InChI=1S/C23H28ClN5O2/c1-7-16-11-19(23(30)29(8-2)22(16)26-14(5)25-13(3)4)18-10-9-17(12-20(18)24)21-27-15(6)31-28-21/h7,9-13,15,25H,5,8H2,1-4,6H3,(H,27,28)/b16-7-,26-22+. The van der Waals surface area contributed by atoms with Crippen LogP contribution in [0, 0.1) is 0 Å². The predicted molar refractivity (Wildman–Crippen MR) is 126 cm³/mol. The van der Waals surface area contributed by atoms with E-state index in [4.69, 9.17) is 16.4 Å². The number of aliphatic imine (C=N–C) groups is 2. The lowest BCUT2D eigenvalue weighted by Gasteiger charge is -2.30. The molecular formula is C23H28ClN5O2. The highest BCUT2D eigenvalue weighted by molar-refractivity contribution is 6.37. The summed E-state index contributed by atoms with van der Waals surface area (Å²) in [6.07, 6.45) is 3.49. The average Bonchev–Trinajstić information content (AvgIpc) is 3.14. The average molecular weight is 442 g/mol. The van der Waals surface area contributed by atoms with Crippen LogP contribution in [0.1, 0.15) is 45.7 Å². The van der Waals surface area contributed by atoms with E-state index in [9.17, 15) is 4.79 Å². The lowest BCUT2D eigenvalue weighted by Crippen LogP contribution is -2.41. The van der Waals surface area contributed by atoms with Crippen molar-refractivity contribution in [3.63, 3.8) is 0 Å². The molecule has 164 valence electrons. The zero-order valence-electron chi connectivity index (χ0n) is 18.5. The second kappa shape index (κ2) is 9.49. The Kier molecular flexibility index (Phi) is 6.97. The van der Waals surface area contributed by atoms with Gasteiger partial charge in [0.05, 0.1) is 0 Å². The van der Waals surface area contributed by atoms with Gasteiger partial charge in [0.25, 0.3) is 5.91 Å². The van der Waals surface area contributed by atoms with E-state index in [-0.39, 0.29) is 18.2 Å². The van der Waals surface area contributed by atoms with Gasteiger partial charge in [0.15, 0.2) is 12.1 Å². The van der Waals surface area contributed by atoms with E-state index in [0.717, 1.165) is 11.1 Å². The molecule has 0 aliphatic carbocycles. The van der Waals surface area contributed by atoms with Crippen molar-refractivity contribution in [1.82, 2.24) is 15.7 Å². The minimum atomic E-state index is -0.260. The van der Waals surface area contributed by atoms with Crippen LogP contribution in [0.5, 0.6) is 0 Å². The number of benzene rings is 1. The van der Waals surface area contributed by atoms with Crippen molar-refractivity contribution in [3.05, 3.63) is 64.5 Å². The van der Waals surface area contributed by atoms with Crippen LogP contribution < -0.4 is 10.8 Å². The molecule has 1 amide bonds. The smallest absolute Gasteiger partial charge is 0.260 e. The van der Waals surface area contributed by atoms with Crippen molar-refractivity contribution < 1.29 is 9.63 Å². The molecule has 1 atom stereocenters. The van der Waals surface area contributed by atoms with Crippen LogP contribution in [0.15, 0.2) is 58.3 Å². The second-order valence-electron chi connectivity index (χ2n) is 7.52. The lowest BCUT2D eigenvalue weighted by molar-refractivity contribution is -0.121. The molecule has 0 aromatic heterocycles. The van der Waals surface area contributed by atoms with Crippen molar-refractivity contribution in [1.29, 1.82) is 0 Å². The summed E-state index contributed by atoms with van der Waals surface area (Å²) in [5.41, 5.74) is 5.57. The highest BCUT2D eigenvalue weighted by Gasteiger charge is 2.31. The third kappa shape index (κ3) is 4.89. The Labute approximate surface area is 188 Å². The fourth-order valence-corrected chi connectivity index (χ4v) is 3.67. The molecule has 1 aromatic rings. The SMILES string of the molecule is C=C(/N=C1\C(=C/C)C=C(c2ccc(C3=NC(C)ON3)cc2Cl)C(=O)N1CC)NC(C)C. The zero-order valence-corrected chi connectivity index (χ0v) is 19.2. The first kappa shape index (κ1) is 22.8. The molecule has 0 radical (unpaired) electrons. The van der Waals surface area contributed by atoms with Crippen LogP contribution in [0.4, 0.5) is 0 Å². The molecule has 2 N–H and O–H groups in total. The Morgan fingerprint density at radius 3 is 2.77 bits per heavy atom. The van der Waals surface area contributed by atoms with Gasteiger partial charge in [-0.25, -0.2) is 20.3 Å². The summed E-state index contributed by atoms with van der Waals surface area (Å²) in [7, 11) is 0. The summed E-state index contributed by atoms with van der Waals surface area (Å²) in [6.45, 7) is 14.1. The van der Waals surface area contributed by atoms with Gasteiger partial charge in [-0.05, 0) is 46.8 Å². The van der Waals surface area contributed by atoms with Gasteiger partial charge in [0.2, 0.25) is 0 Å². The number of halogens is 1. The first-order chi connectivity index (χ1) is 14.7. The van der Waals surface area contributed by atoms with E-state index in [1.807, 2.05) is 58.9 Å². The quantitative estimate of drug-likeness (QED) is 0.698. The molecule has 2 aliphatic heterocycles. The van der Waals surface area contributed by atoms with E-state index in [1.54, 1.807) is 11.0 Å². The number of hydroxylamine groups is 1. The lowest BCUT2D eigenvalue weighted by atomic mass is 9.95. The van der Waals surface area contributed by atoms with Crippen LogP contribution in [-0.4, -0.2) is 41.3 Å². The molecule has 8 heteroatoms. The molecule has 1 aromatic carbocycles. The van der Waals surface area contributed by atoms with Crippen LogP contribution in [0.3, 0.4) is 0 Å². The fourth-order valence-electron chi connectivity index (χ4n) is 3.39. The Balaban J connectivity index is 2.00. The number of amides is 1. The monoisotopic (exact) mass is 441 g/mol. The van der Waals surface area contributed by atoms with Crippen LogP contribution in [0.25, 0.3) is 5.57 Å². The summed E-state index contributed by atoms with van der Waals surface area (Å²) < 4.78 is 0.